The van der Waals surface area contributed by atoms with E-state index in [0.717, 1.165) is 12.1 Å². The normalized spacial score (nSPS) is 22.2. The van der Waals surface area contributed by atoms with Crippen molar-refractivity contribution in [3.8, 4) is 16.9 Å². The van der Waals surface area contributed by atoms with E-state index in [1.54, 1.807) is 18.2 Å². The van der Waals surface area contributed by atoms with E-state index in [0.29, 0.717) is 21.6 Å². The average molecular weight is 541 g/mol. The zero-order chi connectivity index (χ0) is 25.6. The Hall–Kier alpha value is -3.03. The van der Waals surface area contributed by atoms with E-state index in [1.807, 2.05) is 0 Å². The number of nitrogens with zero attached hydrogens (tertiary/aromatic N) is 6. The fraction of sp³-hybridized carbons (Fsp3) is 0.273. The van der Waals surface area contributed by atoms with Crippen LogP contribution in [0.2, 0.25) is 10.0 Å². The first-order chi connectivity index (χ1) is 17.3. The molecule has 1 fully saturated rings. The van der Waals surface area contributed by atoms with Crippen molar-refractivity contribution in [2.24, 2.45) is 0 Å². The van der Waals surface area contributed by atoms with Gasteiger partial charge in [0, 0.05) is 17.0 Å². The number of hydrogen-bond donors (Lipinski definition) is 2. The molecule has 2 aromatic carbocycles. The number of aromatic nitrogens is 6. The summed E-state index contributed by atoms with van der Waals surface area (Å²) in [5.41, 5.74) is 0.467. The van der Waals surface area contributed by atoms with Crippen LogP contribution in [0.1, 0.15) is 24.4 Å². The van der Waals surface area contributed by atoms with Gasteiger partial charge in [0.25, 0.3) is 0 Å². The van der Waals surface area contributed by atoms with Crippen molar-refractivity contribution < 1.29 is 28.1 Å². The minimum absolute atomic E-state index is 0.0372. The van der Waals surface area contributed by atoms with Crippen LogP contribution in [0.3, 0.4) is 0 Å². The highest BCUT2D eigenvalue weighted by Gasteiger charge is 2.41. The van der Waals surface area contributed by atoms with Crippen LogP contribution in [0.5, 0.6) is 0 Å². The number of aliphatic hydroxyl groups is 2. The van der Waals surface area contributed by atoms with Crippen molar-refractivity contribution in [3.05, 3.63) is 76.2 Å². The van der Waals surface area contributed by atoms with Gasteiger partial charge in [-0.3, -0.25) is 0 Å². The van der Waals surface area contributed by atoms with Gasteiger partial charge >= 0.3 is 0 Å². The number of hydrogen-bond acceptors (Lipinski definition) is 7. The van der Waals surface area contributed by atoms with Crippen molar-refractivity contribution in [2.75, 3.05) is 6.61 Å². The van der Waals surface area contributed by atoms with E-state index in [4.69, 9.17) is 27.9 Å². The maximum absolute atomic E-state index is 13.7. The Morgan fingerprint density at radius 3 is 2.58 bits per heavy atom. The van der Waals surface area contributed by atoms with Gasteiger partial charge in [-0.2, -0.15) is 5.10 Å². The summed E-state index contributed by atoms with van der Waals surface area (Å²) in [6.07, 6.45) is -0.245. The maximum atomic E-state index is 13.7. The van der Waals surface area contributed by atoms with Crippen LogP contribution < -0.4 is 0 Å². The fourth-order valence-corrected chi connectivity index (χ4v) is 4.48. The summed E-state index contributed by atoms with van der Waals surface area (Å²) >= 11 is 12.4. The zero-order valence-corrected chi connectivity index (χ0v) is 19.7. The molecule has 0 bridgehead atoms. The van der Waals surface area contributed by atoms with Gasteiger partial charge in [0.05, 0.1) is 29.6 Å². The third-order valence-electron chi connectivity index (χ3n) is 5.88. The minimum Gasteiger partial charge on any atom is -0.394 e. The Morgan fingerprint density at radius 2 is 1.86 bits per heavy atom. The van der Waals surface area contributed by atoms with E-state index in [2.05, 4.69) is 20.4 Å². The summed E-state index contributed by atoms with van der Waals surface area (Å²) in [6, 6.07) is 5.64. The van der Waals surface area contributed by atoms with E-state index < -0.39 is 48.4 Å². The molecule has 0 saturated carbocycles. The Kier molecular flexibility index (Phi) is 6.70. The predicted molar refractivity (Wildman–Crippen MR) is 121 cm³/mol. The lowest BCUT2D eigenvalue weighted by Crippen LogP contribution is -2.45. The van der Waals surface area contributed by atoms with Crippen LogP contribution in [0.4, 0.5) is 13.2 Å². The summed E-state index contributed by atoms with van der Waals surface area (Å²) in [5.74, 6) is -4.00. The van der Waals surface area contributed by atoms with E-state index in [9.17, 15) is 23.4 Å². The molecule has 2 N–H and O–H groups in total. The van der Waals surface area contributed by atoms with Crippen molar-refractivity contribution >= 4 is 23.2 Å². The number of benzene rings is 2. The largest absolute Gasteiger partial charge is 0.394 e. The van der Waals surface area contributed by atoms with Gasteiger partial charge < -0.3 is 14.9 Å². The summed E-state index contributed by atoms with van der Waals surface area (Å²) < 4.78 is 49.4. The van der Waals surface area contributed by atoms with Crippen LogP contribution in [0.15, 0.2) is 42.9 Å². The van der Waals surface area contributed by atoms with Gasteiger partial charge in [-0.15, -0.1) is 5.10 Å². The van der Waals surface area contributed by atoms with Crippen molar-refractivity contribution in [2.45, 2.75) is 30.8 Å². The Bertz CT molecular complexity index is 1390. The molecule has 1 unspecified atom stereocenters. The Labute approximate surface area is 211 Å². The van der Waals surface area contributed by atoms with E-state index >= 15 is 0 Å². The first kappa shape index (κ1) is 24.7. The quantitative estimate of drug-likeness (QED) is 0.371. The van der Waals surface area contributed by atoms with Gasteiger partial charge in [0.15, 0.2) is 23.3 Å². The molecule has 0 spiro atoms. The number of halogens is 5. The zero-order valence-electron chi connectivity index (χ0n) is 18.1. The molecule has 9 nitrogen and oxygen atoms in total. The monoisotopic (exact) mass is 540 g/mol. The molecular weight excluding hydrogens is 524 g/mol. The Balaban J connectivity index is 1.48. The molecule has 0 amide bonds. The fourth-order valence-electron chi connectivity index (χ4n) is 4.11. The van der Waals surface area contributed by atoms with Gasteiger partial charge in [0.1, 0.15) is 30.3 Å². The molecule has 14 heteroatoms. The number of rotatable bonds is 5. The van der Waals surface area contributed by atoms with Crippen LogP contribution in [-0.4, -0.2) is 58.8 Å². The molecule has 1 aliphatic rings. The van der Waals surface area contributed by atoms with E-state index in [-0.39, 0.29) is 17.7 Å². The minimum atomic E-state index is -1.59. The third kappa shape index (κ3) is 4.46. The number of aliphatic hydroxyl groups excluding tert-OH is 2. The summed E-state index contributed by atoms with van der Waals surface area (Å²) in [4.78, 5) is 4.29. The molecule has 0 aliphatic carbocycles. The molecule has 36 heavy (non-hydrogen) atoms. The lowest BCUT2D eigenvalue weighted by molar-refractivity contribution is -0.161. The van der Waals surface area contributed by atoms with Crippen LogP contribution in [0, 0.1) is 17.5 Å². The topological polar surface area (TPSA) is 111 Å². The molecule has 4 aromatic rings. The summed E-state index contributed by atoms with van der Waals surface area (Å²) in [5, 5.41) is 33.6. The average Bonchev–Trinajstić information content (AvgIpc) is 3.54. The molecule has 1 saturated heterocycles. The summed E-state index contributed by atoms with van der Waals surface area (Å²) in [6.45, 7) is -0.518. The maximum Gasteiger partial charge on any atom is 0.194 e. The highest BCUT2D eigenvalue weighted by molar-refractivity contribution is 6.34. The van der Waals surface area contributed by atoms with Crippen molar-refractivity contribution in [3.63, 3.8) is 0 Å². The summed E-state index contributed by atoms with van der Waals surface area (Å²) in [7, 11) is 0. The van der Waals surface area contributed by atoms with Gasteiger partial charge in [-0.25, -0.2) is 27.5 Å². The molecule has 0 radical (unpaired) electrons. The highest BCUT2D eigenvalue weighted by Crippen LogP contribution is 2.38. The molecule has 5 rings (SSSR count). The van der Waals surface area contributed by atoms with Gasteiger partial charge in [-0.1, -0.05) is 28.4 Å². The smallest absolute Gasteiger partial charge is 0.194 e. The third-order valence-corrected chi connectivity index (χ3v) is 6.43. The molecular formula is C22H17Cl2F3N6O3. The van der Waals surface area contributed by atoms with Crippen LogP contribution >= 0.6 is 23.2 Å². The second kappa shape index (κ2) is 9.79. The second-order valence-electron chi connectivity index (χ2n) is 8.10. The molecule has 1 aliphatic heterocycles. The highest BCUT2D eigenvalue weighted by atomic mass is 35.5. The van der Waals surface area contributed by atoms with Gasteiger partial charge in [-0.05, 0) is 30.3 Å². The number of ether oxygens (including phenoxy) is 1. The van der Waals surface area contributed by atoms with Crippen LogP contribution in [-0.2, 0) is 4.74 Å². The van der Waals surface area contributed by atoms with Crippen molar-refractivity contribution in [1.29, 1.82) is 0 Å². The lowest BCUT2D eigenvalue weighted by atomic mass is 9.95. The molecule has 3 heterocycles. The first-order valence-corrected chi connectivity index (χ1v) is 11.4. The first-order valence-electron chi connectivity index (χ1n) is 10.6. The van der Waals surface area contributed by atoms with E-state index in [1.165, 1.54) is 21.9 Å². The Morgan fingerprint density at radius 1 is 1.11 bits per heavy atom. The second-order valence-corrected chi connectivity index (χ2v) is 8.95. The van der Waals surface area contributed by atoms with Crippen LogP contribution in [0.25, 0.3) is 16.9 Å². The molecule has 188 valence electrons. The predicted octanol–water partition coefficient (Wildman–Crippen LogP) is 3.67. The lowest BCUT2D eigenvalue weighted by Gasteiger charge is -2.38. The van der Waals surface area contributed by atoms with Gasteiger partial charge in [0.2, 0.25) is 0 Å². The SMILES string of the molecule is OC[C@H]1O[C@@H](c2ncnn2-c2cc(Cl)ccc2Cl)C[C@@H](n2cc(-c3cc(F)c(F)c(F)c3)nn2)C1O. The molecule has 4 atom stereocenters. The standard InChI is InChI=1S/C22H17Cl2F3N6O3/c23-11-1-2-12(24)16(5-11)33-22(28-9-29-33)18-6-17(21(35)19(8-34)36-18)32-7-15(30-31-32)10-3-13(25)20(27)14(26)4-10/h1-5,7,9,17-19,21,34-35H,6,8H2/t17-,18-,19-,21?/m1/s1. The molecule has 2 aromatic heterocycles. The van der Waals surface area contributed by atoms with Crippen molar-refractivity contribution in [1.82, 2.24) is 29.8 Å².